The molecule has 9 heteroatoms. The lowest BCUT2D eigenvalue weighted by Crippen LogP contribution is -2.49. The lowest BCUT2D eigenvalue weighted by Gasteiger charge is -2.35. The van der Waals surface area contributed by atoms with Crippen LogP contribution in [0.15, 0.2) is 36.4 Å². The van der Waals surface area contributed by atoms with Gasteiger partial charge in [-0.3, -0.25) is 14.5 Å². The SMILES string of the molecule is [B]C(C=O)(CCC(=O)NC)N(C)Cc1c(C=O)cccc1NCc1cccc(N)c1F. The molecule has 7 nitrogen and oxygen atoms in total. The van der Waals surface area contributed by atoms with E-state index >= 15 is 0 Å². The molecule has 0 bridgehead atoms. The van der Waals surface area contributed by atoms with Crippen LogP contribution in [0.1, 0.15) is 34.3 Å². The van der Waals surface area contributed by atoms with E-state index in [-0.39, 0.29) is 37.5 Å². The molecule has 2 rings (SSSR count). The fourth-order valence-corrected chi connectivity index (χ4v) is 3.15. The van der Waals surface area contributed by atoms with Crippen LogP contribution in [0.3, 0.4) is 0 Å². The highest BCUT2D eigenvalue weighted by atomic mass is 19.1. The monoisotopic (exact) mass is 424 g/mol. The molecule has 1 atom stereocenters. The second kappa shape index (κ2) is 10.7. The Labute approximate surface area is 182 Å². The number of nitrogens with one attached hydrogen (secondary N) is 2. The second-order valence-corrected chi connectivity index (χ2v) is 7.30. The standard InChI is InChI=1S/C22H26BFN4O3/c1-26-20(31)9-10-22(23,14-30)28(2)12-17-16(13-29)6-4-8-19(17)27-11-15-5-3-7-18(25)21(15)24/h3-8,13-14,27H,9-12,25H2,1-2H3,(H,26,31). The Morgan fingerprint density at radius 1 is 1.26 bits per heavy atom. The first-order chi connectivity index (χ1) is 14.8. The summed E-state index contributed by atoms with van der Waals surface area (Å²) in [6, 6.07) is 9.85. The number of aldehydes is 2. The maximum absolute atomic E-state index is 14.2. The van der Waals surface area contributed by atoms with Gasteiger partial charge in [-0.15, -0.1) is 0 Å². The zero-order chi connectivity index (χ0) is 23.0. The van der Waals surface area contributed by atoms with Gasteiger partial charge in [0.05, 0.1) is 5.69 Å². The Hall–Kier alpha value is -3.20. The van der Waals surface area contributed by atoms with Crippen molar-refractivity contribution in [3.05, 3.63) is 58.9 Å². The largest absolute Gasteiger partial charge is 0.396 e. The first-order valence-corrected chi connectivity index (χ1v) is 9.76. The van der Waals surface area contributed by atoms with Crippen LogP contribution in [0.4, 0.5) is 15.8 Å². The van der Waals surface area contributed by atoms with Crippen molar-refractivity contribution < 1.29 is 18.8 Å². The number of anilines is 2. The van der Waals surface area contributed by atoms with Gasteiger partial charge in [0.25, 0.3) is 0 Å². The highest BCUT2D eigenvalue weighted by Gasteiger charge is 2.29. The number of nitrogens with zero attached hydrogens (tertiary/aromatic N) is 1. The molecule has 2 aromatic rings. The van der Waals surface area contributed by atoms with Gasteiger partial charge in [0.15, 0.2) is 5.82 Å². The maximum atomic E-state index is 14.2. The number of benzene rings is 2. The molecular formula is C22H26BFN4O3. The second-order valence-electron chi connectivity index (χ2n) is 7.30. The number of hydrogen-bond donors (Lipinski definition) is 3. The van der Waals surface area contributed by atoms with Gasteiger partial charge < -0.3 is 21.2 Å². The smallest absolute Gasteiger partial charge is 0.219 e. The molecule has 2 aromatic carbocycles. The van der Waals surface area contributed by atoms with Crippen LogP contribution in [0, 0.1) is 5.82 Å². The quantitative estimate of drug-likeness (QED) is 0.289. The summed E-state index contributed by atoms with van der Waals surface area (Å²) in [4.78, 5) is 36.5. The molecule has 0 aliphatic carbocycles. The molecule has 162 valence electrons. The molecule has 1 amide bonds. The Morgan fingerprint density at radius 3 is 2.61 bits per heavy atom. The Bertz CT molecular complexity index is 956. The van der Waals surface area contributed by atoms with Crippen molar-refractivity contribution in [1.82, 2.24) is 10.2 Å². The van der Waals surface area contributed by atoms with Crippen molar-refractivity contribution in [2.75, 3.05) is 25.1 Å². The summed E-state index contributed by atoms with van der Waals surface area (Å²) in [7, 11) is 9.39. The molecular weight excluding hydrogens is 398 g/mol. The van der Waals surface area contributed by atoms with E-state index in [0.717, 1.165) is 0 Å². The van der Waals surface area contributed by atoms with Gasteiger partial charge in [-0.25, -0.2) is 4.39 Å². The molecule has 0 aliphatic heterocycles. The molecule has 2 radical (unpaired) electrons. The molecule has 31 heavy (non-hydrogen) atoms. The zero-order valence-corrected chi connectivity index (χ0v) is 17.7. The maximum Gasteiger partial charge on any atom is 0.219 e. The van der Waals surface area contributed by atoms with Crippen molar-refractivity contribution in [2.45, 2.75) is 31.4 Å². The van der Waals surface area contributed by atoms with E-state index in [9.17, 15) is 18.8 Å². The molecule has 0 aromatic heterocycles. The van der Waals surface area contributed by atoms with E-state index in [1.807, 2.05) is 0 Å². The van der Waals surface area contributed by atoms with Crippen LogP contribution in [0.25, 0.3) is 0 Å². The van der Waals surface area contributed by atoms with Crippen molar-refractivity contribution >= 4 is 37.7 Å². The van der Waals surface area contributed by atoms with Crippen molar-refractivity contribution in [3.8, 4) is 0 Å². The number of likely N-dealkylation sites (N-methyl/N-ethyl adjacent to an activating group) is 1. The average Bonchev–Trinajstić information content (AvgIpc) is 2.78. The highest BCUT2D eigenvalue weighted by molar-refractivity contribution is 6.24. The number of hydrogen-bond acceptors (Lipinski definition) is 6. The van der Waals surface area contributed by atoms with Crippen LogP contribution in [0.5, 0.6) is 0 Å². The van der Waals surface area contributed by atoms with E-state index in [1.54, 1.807) is 42.3 Å². The Balaban J connectivity index is 2.26. The summed E-state index contributed by atoms with van der Waals surface area (Å²) in [5, 5.41) is 5.63. The van der Waals surface area contributed by atoms with Crippen LogP contribution in [0.2, 0.25) is 0 Å². The minimum Gasteiger partial charge on any atom is -0.396 e. The number of rotatable bonds is 11. The summed E-state index contributed by atoms with van der Waals surface area (Å²) in [5.41, 5.74) is 6.25. The molecule has 4 N–H and O–H groups in total. The van der Waals surface area contributed by atoms with E-state index in [1.165, 1.54) is 13.1 Å². The van der Waals surface area contributed by atoms with Gasteiger partial charge in [0.2, 0.25) is 5.91 Å². The minimum atomic E-state index is -1.40. The summed E-state index contributed by atoms with van der Waals surface area (Å²) in [6.45, 7) is 0.299. The third-order valence-corrected chi connectivity index (χ3v) is 5.26. The predicted molar refractivity (Wildman–Crippen MR) is 119 cm³/mol. The molecule has 0 spiro atoms. The van der Waals surface area contributed by atoms with Crippen LogP contribution in [-0.4, -0.2) is 50.8 Å². The van der Waals surface area contributed by atoms with Crippen molar-refractivity contribution in [3.63, 3.8) is 0 Å². The Morgan fingerprint density at radius 2 is 1.97 bits per heavy atom. The highest BCUT2D eigenvalue weighted by Crippen LogP contribution is 2.26. The summed E-state index contributed by atoms with van der Waals surface area (Å²) in [5.74, 6) is -0.735. The first kappa shape index (κ1) is 24.1. The van der Waals surface area contributed by atoms with Crippen molar-refractivity contribution in [2.24, 2.45) is 0 Å². The van der Waals surface area contributed by atoms with Crippen molar-refractivity contribution in [1.29, 1.82) is 0 Å². The predicted octanol–water partition coefficient (Wildman–Crippen LogP) is 1.85. The normalized spacial score (nSPS) is 12.8. The molecule has 0 saturated carbocycles. The minimum absolute atomic E-state index is 0.0518. The average molecular weight is 424 g/mol. The van der Waals surface area contributed by atoms with Gasteiger partial charge in [0, 0.05) is 48.8 Å². The van der Waals surface area contributed by atoms with Gasteiger partial charge >= 0.3 is 0 Å². The lowest BCUT2D eigenvalue weighted by molar-refractivity contribution is -0.121. The van der Waals surface area contributed by atoms with Crippen LogP contribution >= 0.6 is 0 Å². The Kier molecular flexibility index (Phi) is 8.33. The number of amides is 1. The third kappa shape index (κ3) is 5.91. The molecule has 0 aliphatic rings. The van der Waals surface area contributed by atoms with Crippen LogP contribution in [-0.2, 0) is 22.7 Å². The number of carbonyl (C=O) groups excluding carboxylic acids is 3. The van der Waals surface area contributed by atoms with E-state index in [2.05, 4.69) is 10.6 Å². The van der Waals surface area contributed by atoms with Gasteiger partial charge in [-0.1, -0.05) is 24.3 Å². The van der Waals surface area contributed by atoms with Gasteiger partial charge in [-0.05, 0) is 31.2 Å². The summed E-state index contributed by atoms with van der Waals surface area (Å²) >= 11 is 0. The molecule has 0 saturated heterocycles. The summed E-state index contributed by atoms with van der Waals surface area (Å²) < 4.78 is 14.2. The molecule has 0 heterocycles. The third-order valence-electron chi connectivity index (χ3n) is 5.26. The van der Waals surface area contributed by atoms with Gasteiger partial charge in [0.1, 0.15) is 20.4 Å². The molecule has 0 fully saturated rings. The molecule has 1 unspecified atom stereocenters. The fraction of sp³-hybridized carbons (Fsp3) is 0.318. The van der Waals surface area contributed by atoms with Crippen LogP contribution < -0.4 is 16.4 Å². The van der Waals surface area contributed by atoms with Gasteiger partial charge in [-0.2, -0.15) is 0 Å². The topological polar surface area (TPSA) is 105 Å². The van der Waals surface area contributed by atoms with E-state index < -0.39 is 11.3 Å². The number of nitrogens with two attached hydrogens (primary N) is 1. The number of nitrogen functional groups attached to an aromatic ring is 1. The zero-order valence-electron chi connectivity index (χ0n) is 17.7. The summed E-state index contributed by atoms with van der Waals surface area (Å²) in [6.07, 6.45) is 1.48. The first-order valence-electron chi connectivity index (χ1n) is 9.76. The van der Waals surface area contributed by atoms with E-state index in [0.29, 0.717) is 35.0 Å². The van der Waals surface area contributed by atoms with E-state index in [4.69, 9.17) is 13.6 Å². The number of carbonyl (C=O) groups is 3. The lowest BCUT2D eigenvalue weighted by atomic mass is 9.73. The number of halogens is 1. The fourth-order valence-electron chi connectivity index (χ4n) is 3.15.